The number of amides is 1. The fourth-order valence-electron chi connectivity index (χ4n) is 1.48. The van der Waals surface area contributed by atoms with Gasteiger partial charge in [-0.2, -0.15) is 0 Å². The Hall–Kier alpha value is -2.05. The highest BCUT2D eigenvalue weighted by molar-refractivity contribution is 5.96. The quantitative estimate of drug-likeness (QED) is 0.808. The maximum absolute atomic E-state index is 13.3. The average molecular weight is 275 g/mol. The third kappa shape index (κ3) is 3.46. The van der Waals surface area contributed by atoms with Gasteiger partial charge in [0.15, 0.2) is 17.5 Å². The summed E-state index contributed by atoms with van der Waals surface area (Å²) in [4.78, 5) is 22.4. The molecule has 1 atom stereocenters. The molecule has 0 heterocycles. The molecular formula is C12H12F3NO3. The lowest BCUT2D eigenvalue weighted by Crippen LogP contribution is -2.41. The lowest BCUT2D eigenvalue weighted by molar-refractivity contribution is -0.139. The van der Waals surface area contributed by atoms with Crippen molar-refractivity contribution in [2.75, 3.05) is 0 Å². The topological polar surface area (TPSA) is 66.4 Å². The third-order valence-electron chi connectivity index (χ3n) is 2.46. The van der Waals surface area contributed by atoms with E-state index in [1.165, 1.54) is 0 Å². The first-order valence-corrected chi connectivity index (χ1v) is 5.55. The Morgan fingerprint density at radius 1 is 1.26 bits per heavy atom. The number of carbonyl (C=O) groups excluding carboxylic acids is 1. The number of carboxylic acid groups (broad SMARTS) is 1. The van der Waals surface area contributed by atoms with E-state index in [1.807, 2.05) is 0 Å². The van der Waals surface area contributed by atoms with Gasteiger partial charge in [0.2, 0.25) is 0 Å². The van der Waals surface area contributed by atoms with Crippen LogP contribution >= 0.6 is 0 Å². The molecule has 7 heteroatoms. The van der Waals surface area contributed by atoms with E-state index in [2.05, 4.69) is 5.32 Å². The van der Waals surface area contributed by atoms with Crippen LogP contribution in [0.4, 0.5) is 13.2 Å². The lowest BCUT2D eigenvalue weighted by Gasteiger charge is -2.13. The fraction of sp³-hybridized carbons (Fsp3) is 0.333. The Bertz CT molecular complexity index is 505. The first-order valence-electron chi connectivity index (χ1n) is 5.55. The minimum absolute atomic E-state index is 0.145. The molecule has 0 aromatic heterocycles. The van der Waals surface area contributed by atoms with Crippen molar-refractivity contribution in [3.8, 4) is 0 Å². The van der Waals surface area contributed by atoms with Crippen LogP contribution in [0.25, 0.3) is 0 Å². The van der Waals surface area contributed by atoms with E-state index in [9.17, 15) is 22.8 Å². The van der Waals surface area contributed by atoms with Crippen LogP contribution in [0.15, 0.2) is 12.1 Å². The molecule has 0 aliphatic carbocycles. The van der Waals surface area contributed by atoms with Crippen LogP contribution < -0.4 is 5.32 Å². The summed E-state index contributed by atoms with van der Waals surface area (Å²) in [5.74, 6) is -7.21. The Morgan fingerprint density at radius 2 is 1.89 bits per heavy atom. The standard InChI is InChI=1S/C12H12F3NO3/c1-2-3-8(12(18)19)16-11(17)6-4-5-7(13)10(15)9(6)14/h4-5,8H,2-3H2,1H3,(H,16,17)(H,18,19)/t8-/m0/s1. The summed E-state index contributed by atoms with van der Waals surface area (Å²) >= 11 is 0. The number of aliphatic carboxylic acids is 1. The number of halogens is 3. The Kier molecular flexibility index (Phi) is 4.91. The second kappa shape index (κ2) is 6.21. The SMILES string of the molecule is CCC[C@H](NC(=O)c1ccc(F)c(F)c1F)C(=O)O. The van der Waals surface area contributed by atoms with Gasteiger partial charge in [-0.15, -0.1) is 0 Å². The summed E-state index contributed by atoms with van der Waals surface area (Å²) in [5, 5.41) is 10.9. The van der Waals surface area contributed by atoms with Crippen LogP contribution in [-0.4, -0.2) is 23.0 Å². The van der Waals surface area contributed by atoms with Crippen molar-refractivity contribution in [2.45, 2.75) is 25.8 Å². The smallest absolute Gasteiger partial charge is 0.326 e. The van der Waals surface area contributed by atoms with Gasteiger partial charge in [0.05, 0.1) is 5.56 Å². The molecule has 0 radical (unpaired) electrons. The molecule has 1 amide bonds. The molecule has 4 nitrogen and oxygen atoms in total. The molecule has 0 fully saturated rings. The number of hydrogen-bond donors (Lipinski definition) is 2. The molecule has 0 aliphatic rings. The predicted molar refractivity (Wildman–Crippen MR) is 60.1 cm³/mol. The lowest BCUT2D eigenvalue weighted by atomic mass is 10.1. The summed E-state index contributed by atoms with van der Waals surface area (Å²) in [6, 6.07) is 0.154. The molecule has 0 unspecified atom stereocenters. The normalized spacial score (nSPS) is 12.0. The zero-order valence-electron chi connectivity index (χ0n) is 10.0. The van der Waals surface area contributed by atoms with Crippen LogP contribution in [0.5, 0.6) is 0 Å². The van der Waals surface area contributed by atoms with Gasteiger partial charge in [-0.05, 0) is 18.6 Å². The number of carbonyl (C=O) groups is 2. The molecule has 1 aromatic rings. The van der Waals surface area contributed by atoms with E-state index in [0.717, 1.165) is 6.07 Å². The van der Waals surface area contributed by atoms with Gasteiger partial charge in [0.25, 0.3) is 5.91 Å². The number of hydrogen-bond acceptors (Lipinski definition) is 2. The second-order valence-electron chi connectivity index (χ2n) is 3.88. The molecule has 0 aliphatic heterocycles. The number of nitrogens with one attached hydrogen (secondary N) is 1. The molecule has 0 bridgehead atoms. The van der Waals surface area contributed by atoms with Crippen LogP contribution in [-0.2, 0) is 4.79 Å². The summed E-state index contributed by atoms with van der Waals surface area (Å²) < 4.78 is 39.0. The van der Waals surface area contributed by atoms with Crippen molar-refractivity contribution >= 4 is 11.9 Å². The second-order valence-corrected chi connectivity index (χ2v) is 3.88. The highest BCUT2D eigenvalue weighted by Gasteiger charge is 2.23. The first-order chi connectivity index (χ1) is 8.88. The third-order valence-corrected chi connectivity index (χ3v) is 2.46. The van der Waals surface area contributed by atoms with Crippen LogP contribution in [0, 0.1) is 17.5 Å². The summed E-state index contributed by atoms with van der Waals surface area (Å²) in [5.41, 5.74) is -0.735. The monoisotopic (exact) mass is 275 g/mol. The number of carboxylic acids is 1. The highest BCUT2D eigenvalue weighted by atomic mass is 19.2. The Labute approximate surface area is 107 Å². The average Bonchev–Trinajstić information content (AvgIpc) is 2.35. The van der Waals surface area contributed by atoms with E-state index in [0.29, 0.717) is 12.5 Å². The Morgan fingerprint density at radius 3 is 2.42 bits per heavy atom. The first kappa shape index (κ1) is 15.0. The van der Waals surface area contributed by atoms with E-state index < -0.39 is 40.9 Å². The fourth-order valence-corrected chi connectivity index (χ4v) is 1.48. The molecular weight excluding hydrogens is 263 g/mol. The zero-order chi connectivity index (χ0) is 14.6. The largest absolute Gasteiger partial charge is 0.480 e. The molecule has 1 aromatic carbocycles. The molecule has 0 saturated heterocycles. The minimum Gasteiger partial charge on any atom is -0.480 e. The summed E-state index contributed by atoms with van der Waals surface area (Å²) in [6.45, 7) is 1.71. The zero-order valence-corrected chi connectivity index (χ0v) is 10.0. The van der Waals surface area contributed by atoms with Gasteiger partial charge >= 0.3 is 5.97 Å². The highest BCUT2D eigenvalue weighted by Crippen LogP contribution is 2.15. The van der Waals surface area contributed by atoms with Crippen LogP contribution in [0.3, 0.4) is 0 Å². The van der Waals surface area contributed by atoms with Crippen molar-refractivity contribution in [1.82, 2.24) is 5.32 Å². The summed E-state index contributed by atoms with van der Waals surface area (Å²) in [6.07, 6.45) is 0.629. The van der Waals surface area contributed by atoms with E-state index in [-0.39, 0.29) is 6.42 Å². The van der Waals surface area contributed by atoms with Gasteiger partial charge in [-0.3, -0.25) is 4.79 Å². The van der Waals surface area contributed by atoms with Gasteiger partial charge in [0, 0.05) is 0 Å². The van der Waals surface area contributed by atoms with E-state index in [1.54, 1.807) is 6.92 Å². The number of benzene rings is 1. The van der Waals surface area contributed by atoms with Crippen LogP contribution in [0.1, 0.15) is 30.1 Å². The molecule has 19 heavy (non-hydrogen) atoms. The maximum atomic E-state index is 13.3. The number of rotatable bonds is 5. The van der Waals surface area contributed by atoms with Gasteiger partial charge in [-0.25, -0.2) is 18.0 Å². The van der Waals surface area contributed by atoms with Gasteiger partial charge < -0.3 is 10.4 Å². The molecule has 1 rings (SSSR count). The van der Waals surface area contributed by atoms with Crippen molar-refractivity contribution in [1.29, 1.82) is 0 Å². The van der Waals surface area contributed by atoms with Crippen LogP contribution in [0.2, 0.25) is 0 Å². The van der Waals surface area contributed by atoms with Crippen molar-refractivity contribution in [3.05, 3.63) is 35.1 Å². The minimum atomic E-state index is -1.77. The van der Waals surface area contributed by atoms with E-state index in [4.69, 9.17) is 5.11 Å². The predicted octanol–water partition coefficient (Wildman–Crippen LogP) is 2.09. The summed E-state index contributed by atoms with van der Waals surface area (Å²) in [7, 11) is 0. The van der Waals surface area contributed by atoms with Gasteiger partial charge in [0.1, 0.15) is 6.04 Å². The van der Waals surface area contributed by atoms with Crippen molar-refractivity contribution in [3.63, 3.8) is 0 Å². The molecule has 0 spiro atoms. The Balaban J connectivity index is 2.95. The van der Waals surface area contributed by atoms with Gasteiger partial charge in [-0.1, -0.05) is 13.3 Å². The molecule has 0 saturated carbocycles. The maximum Gasteiger partial charge on any atom is 0.326 e. The van der Waals surface area contributed by atoms with Crippen molar-refractivity contribution < 1.29 is 27.9 Å². The molecule has 104 valence electrons. The molecule has 2 N–H and O–H groups in total. The van der Waals surface area contributed by atoms with Crippen molar-refractivity contribution in [2.24, 2.45) is 0 Å². The van der Waals surface area contributed by atoms with E-state index >= 15 is 0 Å².